The molecule has 0 radical (unpaired) electrons. The maximum atomic E-state index is 5.43. The summed E-state index contributed by atoms with van der Waals surface area (Å²) >= 11 is 0. The highest BCUT2D eigenvalue weighted by atomic mass is 16.5. The predicted octanol–water partition coefficient (Wildman–Crippen LogP) is 2.31. The molecule has 3 rings (SSSR count). The van der Waals surface area contributed by atoms with Crippen molar-refractivity contribution in [2.45, 2.75) is 20.0 Å². The molecule has 118 valence electrons. The van der Waals surface area contributed by atoms with E-state index in [-0.39, 0.29) is 0 Å². The van der Waals surface area contributed by atoms with Crippen molar-refractivity contribution in [3.63, 3.8) is 0 Å². The van der Waals surface area contributed by atoms with E-state index in [1.54, 1.807) is 7.11 Å². The van der Waals surface area contributed by atoms with Gasteiger partial charge in [-0.05, 0) is 13.0 Å². The molecule has 1 saturated heterocycles. The first kappa shape index (κ1) is 15.1. The van der Waals surface area contributed by atoms with E-state index in [1.807, 2.05) is 25.1 Å². The molecule has 0 aliphatic carbocycles. The van der Waals surface area contributed by atoms with Gasteiger partial charge in [-0.25, -0.2) is 0 Å². The Balaban J connectivity index is 1.51. The molecule has 5 nitrogen and oxygen atoms in total. The van der Waals surface area contributed by atoms with Crippen LogP contribution in [0.2, 0.25) is 0 Å². The van der Waals surface area contributed by atoms with Crippen molar-refractivity contribution in [2.75, 3.05) is 33.3 Å². The van der Waals surface area contributed by atoms with Gasteiger partial charge in [-0.2, -0.15) is 0 Å². The third-order valence-electron chi connectivity index (χ3n) is 4.11. The normalized spacial score (nSPS) is 16.8. The van der Waals surface area contributed by atoms with Gasteiger partial charge in [-0.1, -0.05) is 23.4 Å². The average Bonchev–Trinajstić information content (AvgIpc) is 2.95. The monoisotopic (exact) mass is 301 g/mol. The number of hydrogen-bond acceptors (Lipinski definition) is 5. The van der Waals surface area contributed by atoms with Gasteiger partial charge in [0.15, 0.2) is 0 Å². The molecule has 22 heavy (non-hydrogen) atoms. The number of benzene rings is 1. The Kier molecular flexibility index (Phi) is 4.75. The number of piperazine rings is 1. The molecular formula is C17H23N3O2. The molecule has 1 fully saturated rings. The minimum absolute atomic E-state index is 0.875. The zero-order chi connectivity index (χ0) is 15.4. The molecule has 0 spiro atoms. The Morgan fingerprint density at radius 1 is 1.09 bits per heavy atom. The Labute approximate surface area is 131 Å². The Morgan fingerprint density at radius 3 is 2.41 bits per heavy atom. The van der Waals surface area contributed by atoms with Crippen molar-refractivity contribution in [3.8, 4) is 5.75 Å². The molecule has 2 aromatic rings. The molecule has 0 bridgehead atoms. The standard InChI is InChI=1S/C17H23N3O2/c1-14-11-16(18-22-14)13-20-9-7-19(8-10-20)12-15-5-3-4-6-17(15)21-2/h3-6,11H,7-10,12-13H2,1-2H3. The van der Waals surface area contributed by atoms with Crippen LogP contribution in [-0.4, -0.2) is 48.2 Å². The van der Waals surface area contributed by atoms with Crippen LogP contribution in [0.15, 0.2) is 34.9 Å². The lowest BCUT2D eigenvalue weighted by atomic mass is 10.1. The lowest BCUT2D eigenvalue weighted by molar-refractivity contribution is 0.119. The number of nitrogens with zero attached hydrogens (tertiary/aromatic N) is 3. The summed E-state index contributed by atoms with van der Waals surface area (Å²) in [5.74, 6) is 1.85. The van der Waals surface area contributed by atoms with Crippen molar-refractivity contribution in [2.24, 2.45) is 0 Å². The van der Waals surface area contributed by atoms with E-state index in [2.05, 4.69) is 27.1 Å². The van der Waals surface area contributed by atoms with Crippen LogP contribution in [0.3, 0.4) is 0 Å². The van der Waals surface area contributed by atoms with Crippen LogP contribution in [0.4, 0.5) is 0 Å². The summed E-state index contributed by atoms with van der Waals surface area (Å²) in [6.45, 7) is 7.99. The first-order valence-electron chi connectivity index (χ1n) is 7.73. The van der Waals surface area contributed by atoms with Crippen molar-refractivity contribution < 1.29 is 9.26 Å². The molecule has 0 saturated carbocycles. The van der Waals surface area contributed by atoms with Gasteiger partial charge in [0.25, 0.3) is 0 Å². The van der Waals surface area contributed by atoms with Crippen LogP contribution in [0.1, 0.15) is 17.0 Å². The first-order valence-corrected chi connectivity index (χ1v) is 7.73. The van der Waals surface area contributed by atoms with E-state index in [9.17, 15) is 0 Å². The maximum Gasteiger partial charge on any atom is 0.133 e. The third kappa shape index (κ3) is 3.67. The molecule has 0 atom stereocenters. The molecule has 1 aliphatic rings. The lowest BCUT2D eigenvalue weighted by Gasteiger charge is -2.34. The highest BCUT2D eigenvalue weighted by molar-refractivity contribution is 5.33. The van der Waals surface area contributed by atoms with Crippen molar-refractivity contribution in [3.05, 3.63) is 47.3 Å². The zero-order valence-electron chi connectivity index (χ0n) is 13.3. The largest absolute Gasteiger partial charge is 0.496 e. The minimum atomic E-state index is 0.875. The molecule has 2 heterocycles. The fraction of sp³-hybridized carbons (Fsp3) is 0.471. The van der Waals surface area contributed by atoms with Crippen LogP contribution in [0.25, 0.3) is 0 Å². The van der Waals surface area contributed by atoms with Gasteiger partial charge in [-0.15, -0.1) is 0 Å². The van der Waals surface area contributed by atoms with E-state index >= 15 is 0 Å². The average molecular weight is 301 g/mol. The Morgan fingerprint density at radius 2 is 1.77 bits per heavy atom. The number of methoxy groups -OCH3 is 1. The van der Waals surface area contributed by atoms with Gasteiger partial charge < -0.3 is 9.26 Å². The van der Waals surface area contributed by atoms with Crippen molar-refractivity contribution >= 4 is 0 Å². The summed E-state index contributed by atoms with van der Waals surface area (Å²) in [5, 5.41) is 4.07. The van der Waals surface area contributed by atoms with E-state index in [0.717, 1.165) is 56.5 Å². The second kappa shape index (κ2) is 6.94. The molecule has 1 aromatic carbocycles. The number of hydrogen-bond donors (Lipinski definition) is 0. The second-order valence-electron chi connectivity index (χ2n) is 5.79. The molecule has 5 heteroatoms. The quantitative estimate of drug-likeness (QED) is 0.848. The Hall–Kier alpha value is -1.85. The molecule has 1 aromatic heterocycles. The van der Waals surface area contributed by atoms with Crippen LogP contribution in [0.5, 0.6) is 5.75 Å². The summed E-state index contributed by atoms with van der Waals surface area (Å²) in [6, 6.07) is 10.3. The van der Waals surface area contributed by atoms with E-state index in [4.69, 9.17) is 9.26 Å². The predicted molar refractivity (Wildman–Crippen MR) is 84.8 cm³/mol. The molecule has 1 aliphatic heterocycles. The van der Waals surface area contributed by atoms with Gasteiger partial charge in [0.2, 0.25) is 0 Å². The van der Waals surface area contributed by atoms with Crippen LogP contribution in [0, 0.1) is 6.92 Å². The van der Waals surface area contributed by atoms with E-state index in [0.29, 0.717) is 0 Å². The van der Waals surface area contributed by atoms with E-state index < -0.39 is 0 Å². The number of aryl methyl sites for hydroxylation is 1. The van der Waals surface area contributed by atoms with E-state index in [1.165, 1.54) is 5.56 Å². The summed E-state index contributed by atoms with van der Waals surface area (Å²) < 4.78 is 10.6. The highest BCUT2D eigenvalue weighted by Gasteiger charge is 2.19. The minimum Gasteiger partial charge on any atom is -0.496 e. The summed E-state index contributed by atoms with van der Waals surface area (Å²) in [7, 11) is 1.73. The van der Waals surface area contributed by atoms with Gasteiger partial charge in [-0.3, -0.25) is 9.80 Å². The number of aromatic nitrogens is 1. The molecule has 0 N–H and O–H groups in total. The van der Waals surface area contributed by atoms with Crippen LogP contribution >= 0.6 is 0 Å². The van der Waals surface area contributed by atoms with Crippen LogP contribution in [-0.2, 0) is 13.1 Å². The van der Waals surface area contributed by atoms with Gasteiger partial charge in [0.1, 0.15) is 11.5 Å². The summed E-state index contributed by atoms with van der Waals surface area (Å²) in [5.41, 5.74) is 2.28. The first-order chi connectivity index (χ1) is 10.7. The number of rotatable bonds is 5. The second-order valence-corrected chi connectivity index (χ2v) is 5.79. The summed E-state index contributed by atoms with van der Waals surface area (Å²) in [6.07, 6.45) is 0. The van der Waals surface area contributed by atoms with Crippen molar-refractivity contribution in [1.29, 1.82) is 0 Å². The SMILES string of the molecule is COc1ccccc1CN1CCN(Cc2cc(C)on2)CC1. The van der Waals surface area contributed by atoms with Crippen LogP contribution < -0.4 is 4.74 Å². The van der Waals surface area contributed by atoms with Crippen molar-refractivity contribution in [1.82, 2.24) is 15.0 Å². The summed E-state index contributed by atoms with van der Waals surface area (Å²) in [4.78, 5) is 4.90. The molecular weight excluding hydrogens is 278 g/mol. The smallest absolute Gasteiger partial charge is 0.133 e. The fourth-order valence-electron chi connectivity index (χ4n) is 2.90. The molecule has 0 amide bonds. The van der Waals surface area contributed by atoms with Gasteiger partial charge in [0, 0.05) is 50.9 Å². The van der Waals surface area contributed by atoms with Gasteiger partial charge >= 0.3 is 0 Å². The Bertz CT molecular complexity index is 603. The maximum absolute atomic E-state index is 5.43. The zero-order valence-corrected chi connectivity index (χ0v) is 13.3. The highest BCUT2D eigenvalue weighted by Crippen LogP contribution is 2.20. The van der Waals surface area contributed by atoms with Gasteiger partial charge in [0.05, 0.1) is 12.8 Å². The fourth-order valence-corrected chi connectivity index (χ4v) is 2.90. The topological polar surface area (TPSA) is 41.7 Å². The molecule has 0 unspecified atom stereocenters. The third-order valence-corrected chi connectivity index (χ3v) is 4.11. The lowest BCUT2D eigenvalue weighted by Crippen LogP contribution is -2.45. The number of ether oxygens (including phenoxy) is 1. The number of para-hydroxylation sites is 1.